The fourth-order valence-corrected chi connectivity index (χ4v) is 3.67. The summed E-state index contributed by atoms with van der Waals surface area (Å²) in [6.07, 6.45) is 0. The SMILES string of the molecule is CCNc1nnc(SCC(=O)Nc2ccc(Oc3ccccc3)cc2)s1. The van der Waals surface area contributed by atoms with Crippen LogP contribution in [0.5, 0.6) is 11.5 Å². The normalized spacial score (nSPS) is 10.3. The highest BCUT2D eigenvalue weighted by molar-refractivity contribution is 8.01. The summed E-state index contributed by atoms with van der Waals surface area (Å²) in [5, 5.41) is 14.8. The lowest BCUT2D eigenvalue weighted by Gasteiger charge is -2.07. The van der Waals surface area contributed by atoms with Crippen LogP contribution in [-0.2, 0) is 4.79 Å². The molecule has 0 atom stereocenters. The van der Waals surface area contributed by atoms with Gasteiger partial charge in [-0.3, -0.25) is 4.79 Å². The number of nitrogens with one attached hydrogen (secondary N) is 2. The summed E-state index contributed by atoms with van der Waals surface area (Å²) in [6, 6.07) is 16.8. The third-order valence-electron chi connectivity index (χ3n) is 3.18. The van der Waals surface area contributed by atoms with Crippen LogP contribution < -0.4 is 15.4 Å². The van der Waals surface area contributed by atoms with Gasteiger partial charge in [0.1, 0.15) is 11.5 Å². The summed E-state index contributed by atoms with van der Waals surface area (Å²) in [5.41, 5.74) is 0.724. The Morgan fingerprint density at radius 1 is 1.08 bits per heavy atom. The summed E-state index contributed by atoms with van der Waals surface area (Å²) in [5.74, 6) is 1.68. The van der Waals surface area contributed by atoms with Gasteiger partial charge < -0.3 is 15.4 Å². The van der Waals surface area contributed by atoms with Crippen LogP contribution in [0, 0.1) is 0 Å². The number of thioether (sulfide) groups is 1. The van der Waals surface area contributed by atoms with Crippen molar-refractivity contribution in [2.45, 2.75) is 11.3 Å². The molecule has 0 saturated carbocycles. The quantitative estimate of drug-likeness (QED) is 0.556. The number of para-hydroxylation sites is 1. The minimum absolute atomic E-state index is 0.0908. The van der Waals surface area contributed by atoms with E-state index in [0.717, 1.165) is 27.5 Å². The summed E-state index contributed by atoms with van der Waals surface area (Å²) in [7, 11) is 0. The van der Waals surface area contributed by atoms with Crippen molar-refractivity contribution < 1.29 is 9.53 Å². The van der Waals surface area contributed by atoms with Gasteiger partial charge in [0.25, 0.3) is 0 Å². The largest absolute Gasteiger partial charge is 0.457 e. The molecule has 2 aromatic carbocycles. The molecule has 0 aliphatic heterocycles. The van der Waals surface area contributed by atoms with Crippen molar-refractivity contribution in [1.82, 2.24) is 10.2 Å². The van der Waals surface area contributed by atoms with Gasteiger partial charge >= 0.3 is 0 Å². The van der Waals surface area contributed by atoms with E-state index in [1.807, 2.05) is 61.5 Å². The van der Waals surface area contributed by atoms with E-state index in [4.69, 9.17) is 4.74 Å². The second kappa shape index (κ2) is 9.21. The number of ether oxygens (including phenoxy) is 1. The predicted octanol–water partition coefficient (Wildman–Crippen LogP) is 4.49. The molecule has 3 aromatic rings. The Morgan fingerprint density at radius 3 is 2.54 bits per heavy atom. The second-order valence-corrected chi connectivity index (χ2v) is 7.38. The van der Waals surface area contributed by atoms with Crippen LogP contribution >= 0.6 is 23.1 Å². The van der Waals surface area contributed by atoms with E-state index >= 15 is 0 Å². The van der Waals surface area contributed by atoms with Gasteiger partial charge in [-0.1, -0.05) is 41.3 Å². The zero-order valence-corrected chi connectivity index (χ0v) is 15.8. The first-order valence-corrected chi connectivity index (χ1v) is 9.86. The lowest BCUT2D eigenvalue weighted by atomic mass is 10.3. The Hall–Kier alpha value is -2.58. The molecule has 134 valence electrons. The first-order valence-electron chi connectivity index (χ1n) is 8.06. The van der Waals surface area contributed by atoms with E-state index in [-0.39, 0.29) is 11.7 Å². The van der Waals surface area contributed by atoms with Crippen LogP contribution in [-0.4, -0.2) is 28.4 Å². The van der Waals surface area contributed by atoms with E-state index in [1.54, 1.807) is 0 Å². The van der Waals surface area contributed by atoms with Crippen LogP contribution in [0.25, 0.3) is 0 Å². The van der Waals surface area contributed by atoms with Gasteiger partial charge in [-0.05, 0) is 43.3 Å². The first-order chi connectivity index (χ1) is 12.7. The maximum Gasteiger partial charge on any atom is 0.234 e. The topological polar surface area (TPSA) is 76.1 Å². The molecule has 0 bridgehead atoms. The summed E-state index contributed by atoms with van der Waals surface area (Å²) < 4.78 is 6.50. The van der Waals surface area contributed by atoms with Crippen molar-refractivity contribution in [3.63, 3.8) is 0 Å². The Bertz CT molecular complexity index is 838. The van der Waals surface area contributed by atoms with E-state index in [0.29, 0.717) is 5.75 Å². The van der Waals surface area contributed by atoms with Crippen molar-refractivity contribution in [1.29, 1.82) is 0 Å². The van der Waals surface area contributed by atoms with Crippen LogP contribution in [0.3, 0.4) is 0 Å². The highest BCUT2D eigenvalue weighted by atomic mass is 32.2. The maximum absolute atomic E-state index is 12.1. The predicted molar refractivity (Wildman–Crippen MR) is 106 cm³/mol. The molecule has 0 fully saturated rings. The molecule has 6 nitrogen and oxygen atoms in total. The molecule has 3 rings (SSSR count). The second-order valence-electron chi connectivity index (χ2n) is 5.18. The zero-order valence-electron chi connectivity index (χ0n) is 14.1. The number of aromatic nitrogens is 2. The van der Waals surface area contributed by atoms with Gasteiger partial charge in [0.2, 0.25) is 11.0 Å². The van der Waals surface area contributed by atoms with Gasteiger partial charge in [0.15, 0.2) is 4.34 Å². The van der Waals surface area contributed by atoms with Gasteiger partial charge in [0, 0.05) is 12.2 Å². The lowest BCUT2D eigenvalue weighted by molar-refractivity contribution is -0.113. The summed E-state index contributed by atoms with van der Waals surface area (Å²) >= 11 is 2.81. The number of hydrogen-bond acceptors (Lipinski definition) is 7. The smallest absolute Gasteiger partial charge is 0.234 e. The van der Waals surface area contributed by atoms with Crippen molar-refractivity contribution in [3.05, 3.63) is 54.6 Å². The van der Waals surface area contributed by atoms with E-state index < -0.39 is 0 Å². The molecule has 1 amide bonds. The minimum Gasteiger partial charge on any atom is -0.457 e. The number of carbonyl (C=O) groups excluding carboxylic acids is 1. The molecule has 1 heterocycles. The lowest BCUT2D eigenvalue weighted by Crippen LogP contribution is -2.13. The maximum atomic E-state index is 12.1. The van der Waals surface area contributed by atoms with Gasteiger partial charge in [-0.25, -0.2) is 0 Å². The molecule has 1 aromatic heterocycles. The fraction of sp³-hybridized carbons (Fsp3) is 0.167. The molecule has 26 heavy (non-hydrogen) atoms. The number of hydrogen-bond donors (Lipinski definition) is 2. The number of carbonyl (C=O) groups is 1. The molecule has 0 saturated heterocycles. The monoisotopic (exact) mass is 386 g/mol. The molecule has 8 heteroatoms. The molecular formula is C18H18N4O2S2. The van der Waals surface area contributed by atoms with E-state index in [2.05, 4.69) is 20.8 Å². The Morgan fingerprint density at radius 2 is 1.81 bits per heavy atom. The van der Waals surface area contributed by atoms with Crippen molar-refractivity contribution in [2.24, 2.45) is 0 Å². The molecule has 2 N–H and O–H groups in total. The van der Waals surface area contributed by atoms with E-state index in [1.165, 1.54) is 23.1 Å². The highest BCUT2D eigenvalue weighted by Crippen LogP contribution is 2.26. The number of amides is 1. The van der Waals surface area contributed by atoms with Crippen LogP contribution in [0.15, 0.2) is 58.9 Å². The Labute approximate surface area is 160 Å². The van der Waals surface area contributed by atoms with E-state index in [9.17, 15) is 4.79 Å². The average molecular weight is 387 g/mol. The molecule has 0 aliphatic carbocycles. The van der Waals surface area contributed by atoms with Crippen molar-refractivity contribution in [3.8, 4) is 11.5 Å². The fourth-order valence-electron chi connectivity index (χ4n) is 2.05. The first kappa shape index (κ1) is 18.2. The third kappa shape index (κ3) is 5.47. The summed E-state index contributed by atoms with van der Waals surface area (Å²) in [6.45, 7) is 2.79. The van der Waals surface area contributed by atoms with Crippen LogP contribution in [0.4, 0.5) is 10.8 Å². The van der Waals surface area contributed by atoms with Gasteiger partial charge in [0.05, 0.1) is 5.75 Å². The highest BCUT2D eigenvalue weighted by Gasteiger charge is 2.08. The Kier molecular flexibility index (Phi) is 6.45. The van der Waals surface area contributed by atoms with Crippen molar-refractivity contribution in [2.75, 3.05) is 22.9 Å². The summed E-state index contributed by atoms with van der Waals surface area (Å²) in [4.78, 5) is 12.1. The minimum atomic E-state index is -0.0908. The standard InChI is InChI=1S/C18H18N4O2S2/c1-2-19-17-21-22-18(26-17)25-12-16(23)20-13-8-10-15(11-9-13)24-14-6-4-3-5-7-14/h3-11H,2,12H2,1H3,(H,19,21)(H,20,23). The molecular weight excluding hydrogens is 368 g/mol. The number of rotatable bonds is 8. The molecule has 0 radical (unpaired) electrons. The van der Waals surface area contributed by atoms with Gasteiger partial charge in [-0.15, -0.1) is 10.2 Å². The third-order valence-corrected chi connectivity index (χ3v) is 5.19. The molecule has 0 spiro atoms. The van der Waals surface area contributed by atoms with Crippen molar-refractivity contribution >= 4 is 39.8 Å². The van der Waals surface area contributed by atoms with Gasteiger partial charge in [-0.2, -0.15) is 0 Å². The molecule has 0 aliphatic rings. The van der Waals surface area contributed by atoms with Crippen LogP contribution in [0.1, 0.15) is 6.92 Å². The zero-order chi connectivity index (χ0) is 18.2. The number of nitrogens with zero attached hydrogens (tertiary/aromatic N) is 2. The molecule has 0 unspecified atom stereocenters. The Balaban J connectivity index is 1.47. The average Bonchev–Trinajstić information content (AvgIpc) is 3.10. The number of benzene rings is 2. The number of anilines is 2. The van der Waals surface area contributed by atoms with Crippen LogP contribution in [0.2, 0.25) is 0 Å².